The van der Waals surface area contributed by atoms with Gasteiger partial charge in [-0.1, -0.05) is 164 Å². The number of allylic oxidation sites excluding steroid dienone is 10. The fraction of sp³-hybridized carbons (Fsp3) is 0.760. The summed E-state index contributed by atoms with van der Waals surface area (Å²) in [6, 6.07) is 0. The van der Waals surface area contributed by atoms with E-state index in [2.05, 4.69) is 74.6 Å². The number of phosphoric acid groups is 1. The van der Waals surface area contributed by atoms with Crippen molar-refractivity contribution >= 4 is 19.8 Å². The van der Waals surface area contributed by atoms with Crippen molar-refractivity contribution < 1.29 is 42.1 Å². The first-order valence-corrected chi connectivity index (χ1v) is 25.5. The summed E-state index contributed by atoms with van der Waals surface area (Å²) in [6.45, 7) is 4.34. The standard InChI is InChI=1S/C50H90NO8P/c1-6-8-10-12-14-16-18-20-22-23-24-25-26-27-29-30-32-34-36-38-40-42-49(52)56-46-48(47-58-60(54,55)57-45-44-51(3,4)5)59-50(53)43-41-39-37-35-33-31-28-21-19-17-15-13-11-9-7-2/h21-23,25-26,28-30,34,36,48H,6-20,24,27,31-33,35,37-47H2,1-5H3/p+1/b23-22+,26-25+,28-21+,30-29+,36-34+/t48-/m0/s1. The van der Waals surface area contributed by atoms with Crippen LogP contribution >= 0.6 is 7.82 Å². The van der Waals surface area contributed by atoms with Crippen LogP contribution in [-0.2, 0) is 32.7 Å². The van der Waals surface area contributed by atoms with Crippen molar-refractivity contribution in [1.29, 1.82) is 0 Å². The van der Waals surface area contributed by atoms with Crippen molar-refractivity contribution in [3.63, 3.8) is 0 Å². The summed E-state index contributed by atoms with van der Waals surface area (Å²) >= 11 is 0. The number of hydrogen-bond acceptors (Lipinski definition) is 7. The minimum absolute atomic E-state index is 0.0196. The molecule has 0 rings (SSSR count). The lowest BCUT2D eigenvalue weighted by Crippen LogP contribution is -2.37. The lowest BCUT2D eigenvalue weighted by atomic mass is 10.1. The molecular weight excluding hydrogens is 774 g/mol. The number of hydrogen-bond donors (Lipinski definition) is 1. The number of nitrogens with zero attached hydrogens (tertiary/aromatic N) is 1. The zero-order valence-corrected chi connectivity index (χ0v) is 40.1. The van der Waals surface area contributed by atoms with E-state index in [-0.39, 0.29) is 26.1 Å². The lowest BCUT2D eigenvalue weighted by Gasteiger charge is -2.24. The molecule has 0 aliphatic carbocycles. The highest BCUT2D eigenvalue weighted by atomic mass is 31.2. The summed E-state index contributed by atoms with van der Waals surface area (Å²) in [7, 11) is 1.44. The van der Waals surface area contributed by atoms with E-state index < -0.39 is 32.5 Å². The Morgan fingerprint density at radius 1 is 0.517 bits per heavy atom. The molecule has 0 bridgehead atoms. The number of carbonyl (C=O) groups excluding carboxylic acids is 2. The zero-order chi connectivity index (χ0) is 44.3. The molecule has 0 aromatic carbocycles. The minimum Gasteiger partial charge on any atom is -0.462 e. The summed E-state index contributed by atoms with van der Waals surface area (Å²) in [5.41, 5.74) is 0. The molecule has 0 heterocycles. The molecule has 2 atom stereocenters. The predicted octanol–water partition coefficient (Wildman–Crippen LogP) is 14.0. The Morgan fingerprint density at radius 3 is 1.40 bits per heavy atom. The zero-order valence-electron chi connectivity index (χ0n) is 39.2. The first kappa shape index (κ1) is 57.7. The summed E-state index contributed by atoms with van der Waals surface area (Å²) < 4.78 is 34.3. The number of unbranched alkanes of at least 4 members (excludes halogenated alkanes) is 19. The highest BCUT2D eigenvalue weighted by Crippen LogP contribution is 2.43. The molecule has 0 spiro atoms. The van der Waals surface area contributed by atoms with Gasteiger partial charge in [-0.25, -0.2) is 4.57 Å². The molecule has 0 amide bonds. The highest BCUT2D eigenvalue weighted by molar-refractivity contribution is 7.47. The van der Waals surface area contributed by atoms with Crippen LogP contribution in [0.25, 0.3) is 0 Å². The molecule has 0 saturated heterocycles. The van der Waals surface area contributed by atoms with Crippen LogP contribution in [0.5, 0.6) is 0 Å². The number of quaternary nitrogens is 1. The fourth-order valence-corrected chi connectivity index (χ4v) is 6.98. The fourth-order valence-electron chi connectivity index (χ4n) is 6.24. The van der Waals surface area contributed by atoms with Crippen LogP contribution in [0.15, 0.2) is 60.8 Å². The molecule has 0 saturated carbocycles. The van der Waals surface area contributed by atoms with Crippen LogP contribution in [0.4, 0.5) is 0 Å². The Balaban J connectivity index is 4.41. The average Bonchev–Trinajstić information content (AvgIpc) is 3.20. The first-order chi connectivity index (χ1) is 29.0. The van der Waals surface area contributed by atoms with Gasteiger partial charge in [0.1, 0.15) is 19.8 Å². The average molecular weight is 865 g/mol. The van der Waals surface area contributed by atoms with Gasteiger partial charge in [0.05, 0.1) is 27.7 Å². The molecule has 0 radical (unpaired) electrons. The van der Waals surface area contributed by atoms with E-state index >= 15 is 0 Å². The van der Waals surface area contributed by atoms with Gasteiger partial charge in [-0.2, -0.15) is 0 Å². The molecule has 0 fully saturated rings. The third kappa shape index (κ3) is 45.2. The third-order valence-electron chi connectivity index (χ3n) is 10.0. The Morgan fingerprint density at radius 2 is 0.917 bits per heavy atom. The van der Waals surface area contributed by atoms with Crippen molar-refractivity contribution in [2.45, 2.75) is 200 Å². The molecule has 1 unspecified atom stereocenters. The van der Waals surface area contributed by atoms with Gasteiger partial charge in [0.25, 0.3) is 0 Å². The number of likely N-dealkylation sites (N-methyl/N-ethyl adjacent to an activating group) is 1. The van der Waals surface area contributed by atoms with Crippen molar-refractivity contribution in [2.75, 3.05) is 47.5 Å². The second-order valence-electron chi connectivity index (χ2n) is 17.1. The molecule has 10 heteroatoms. The van der Waals surface area contributed by atoms with Gasteiger partial charge in [-0.15, -0.1) is 0 Å². The number of rotatable bonds is 43. The maximum Gasteiger partial charge on any atom is 0.472 e. The second-order valence-corrected chi connectivity index (χ2v) is 18.6. The Kier molecular flexibility index (Phi) is 40.4. The van der Waals surface area contributed by atoms with Crippen LogP contribution in [0, 0.1) is 0 Å². The molecule has 0 aliphatic heterocycles. The SMILES string of the molecule is CCCCCCCC/C=C/CCCCCCCC(=O)O[C@@H](COC(=O)CCC/C=C/C/C=C/C/C=C/C/C=C/CCCCCCCCC)COP(=O)(O)OCC[N+](C)(C)C. The third-order valence-corrected chi connectivity index (χ3v) is 11.0. The lowest BCUT2D eigenvalue weighted by molar-refractivity contribution is -0.870. The van der Waals surface area contributed by atoms with Gasteiger partial charge >= 0.3 is 19.8 Å². The quantitative estimate of drug-likeness (QED) is 0.0212. The number of phosphoric ester groups is 1. The van der Waals surface area contributed by atoms with Crippen LogP contribution < -0.4 is 0 Å². The predicted molar refractivity (Wildman–Crippen MR) is 252 cm³/mol. The van der Waals surface area contributed by atoms with E-state index in [0.29, 0.717) is 23.9 Å². The highest BCUT2D eigenvalue weighted by Gasteiger charge is 2.27. The van der Waals surface area contributed by atoms with Crippen LogP contribution in [0.2, 0.25) is 0 Å². The Hall–Kier alpha value is -2.29. The summed E-state index contributed by atoms with van der Waals surface area (Å²) in [5.74, 6) is -0.875. The Bertz CT molecular complexity index is 1210. The van der Waals surface area contributed by atoms with Crippen LogP contribution in [0.1, 0.15) is 194 Å². The number of esters is 2. The molecular formula is C50H91NO8P+. The van der Waals surface area contributed by atoms with Gasteiger partial charge in [0, 0.05) is 12.8 Å². The Labute approximate surface area is 368 Å². The molecule has 0 aromatic rings. The summed E-state index contributed by atoms with van der Waals surface area (Å²) in [6.07, 6.45) is 51.4. The number of ether oxygens (including phenoxy) is 2. The minimum atomic E-state index is -4.39. The van der Waals surface area contributed by atoms with E-state index in [1.807, 2.05) is 21.1 Å². The maximum atomic E-state index is 12.7. The topological polar surface area (TPSA) is 108 Å². The van der Waals surface area contributed by atoms with Gasteiger partial charge in [-0.3, -0.25) is 18.6 Å². The van der Waals surface area contributed by atoms with Crippen LogP contribution in [-0.4, -0.2) is 74.9 Å². The molecule has 348 valence electrons. The van der Waals surface area contributed by atoms with Gasteiger partial charge < -0.3 is 18.9 Å². The molecule has 60 heavy (non-hydrogen) atoms. The van der Waals surface area contributed by atoms with Crippen molar-refractivity contribution in [3.05, 3.63) is 60.8 Å². The van der Waals surface area contributed by atoms with E-state index in [1.165, 1.54) is 96.3 Å². The molecule has 1 N–H and O–H groups in total. The molecule has 0 aliphatic rings. The summed E-state index contributed by atoms with van der Waals surface area (Å²) in [5, 5.41) is 0. The van der Waals surface area contributed by atoms with Gasteiger partial charge in [0.15, 0.2) is 6.10 Å². The van der Waals surface area contributed by atoms with E-state index in [0.717, 1.165) is 57.8 Å². The van der Waals surface area contributed by atoms with Crippen LogP contribution in [0.3, 0.4) is 0 Å². The summed E-state index contributed by atoms with van der Waals surface area (Å²) in [4.78, 5) is 35.4. The van der Waals surface area contributed by atoms with E-state index in [4.69, 9.17) is 18.5 Å². The molecule has 9 nitrogen and oxygen atoms in total. The van der Waals surface area contributed by atoms with Gasteiger partial charge in [-0.05, 0) is 77.0 Å². The van der Waals surface area contributed by atoms with E-state index in [9.17, 15) is 19.0 Å². The molecule has 0 aromatic heterocycles. The maximum absolute atomic E-state index is 12.7. The van der Waals surface area contributed by atoms with Crippen molar-refractivity contribution in [2.24, 2.45) is 0 Å². The normalized spacial score (nSPS) is 14.0. The van der Waals surface area contributed by atoms with Crippen molar-refractivity contribution in [1.82, 2.24) is 0 Å². The monoisotopic (exact) mass is 865 g/mol. The van der Waals surface area contributed by atoms with Crippen molar-refractivity contribution in [3.8, 4) is 0 Å². The largest absolute Gasteiger partial charge is 0.472 e. The van der Waals surface area contributed by atoms with Gasteiger partial charge in [0.2, 0.25) is 0 Å². The number of carbonyl (C=O) groups is 2. The smallest absolute Gasteiger partial charge is 0.462 e. The first-order valence-electron chi connectivity index (χ1n) is 24.0. The second kappa shape index (κ2) is 42.0. The van der Waals surface area contributed by atoms with E-state index in [1.54, 1.807) is 0 Å².